The van der Waals surface area contributed by atoms with E-state index in [0.717, 1.165) is 22.7 Å². The van der Waals surface area contributed by atoms with Gasteiger partial charge in [0.1, 0.15) is 0 Å². The summed E-state index contributed by atoms with van der Waals surface area (Å²) in [6.07, 6.45) is 0. The molecule has 0 radical (unpaired) electrons. The molecular formula is C52H34N2S. The Labute approximate surface area is 323 Å². The molecule has 0 spiro atoms. The van der Waals surface area contributed by atoms with E-state index in [0.29, 0.717) is 0 Å². The molecule has 2 aromatic heterocycles. The highest BCUT2D eigenvalue weighted by Crippen LogP contribution is 2.45. The van der Waals surface area contributed by atoms with Crippen LogP contribution in [0.3, 0.4) is 0 Å². The van der Waals surface area contributed by atoms with Crippen LogP contribution in [0.15, 0.2) is 206 Å². The third kappa shape index (κ3) is 5.32. The predicted molar refractivity (Wildman–Crippen MR) is 237 cm³/mol. The summed E-state index contributed by atoms with van der Waals surface area (Å²) in [6.45, 7) is 0. The van der Waals surface area contributed by atoms with Crippen molar-refractivity contribution in [3.05, 3.63) is 206 Å². The molecule has 0 atom stereocenters. The van der Waals surface area contributed by atoms with Crippen molar-refractivity contribution in [1.29, 1.82) is 0 Å². The maximum absolute atomic E-state index is 2.44. The summed E-state index contributed by atoms with van der Waals surface area (Å²) >= 11 is 1.86. The van der Waals surface area contributed by atoms with Crippen LogP contribution in [-0.4, -0.2) is 4.57 Å². The second-order valence-corrected chi connectivity index (χ2v) is 15.2. The summed E-state index contributed by atoms with van der Waals surface area (Å²) in [4.78, 5) is 2.42. The largest absolute Gasteiger partial charge is 0.310 e. The Morgan fingerprint density at radius 1 is 0.364 bits per heavy atom. The Morgan fingerprint density at radius 2 is 1.04 bits per heavy atom. The summed E-state index contributed by atoms with van der Waals surface area (Å²) in [5, 5.41) is 7.58. The van der Waals surface area contributed by atoms with E-state index in [2.05, 4.69) is 216 Å². The van der Waals surface area contributed by atoms with Crippen molar-refractivity contribution in [2.24, 2.45) is 0 Å². The first-order valence-corrected chi connectivity index (χ1v) is 19.6. The van der Waals surface area contributed by atoms with Crippen LogP contribution < -0.4 is 4.90 Å². The van der Waals surface area contributed by atoms with E-state index < -0.39 is 0 Å². The van der Waals surface area contributed by atoms with E-state index in [4.69, 9.17) is 0 Å². The molecule has 258 valence electrons. The van der Waals surface area contributed by atoms with Crippen molar-refractivity contribution in [3.63, 3.8) is 0 Å². The fraction of sp³-hybridized carbons (Fsp3) is 0. The molecular weight excluding hydrogens is 685 g/mol. The lowest BCUT2D eigenvalue weighted by atomic mass is 9.97. The minimum atomic E-state index is 1.10. The van der Waals surface area contributed by atoms with Gasteiger partial charge in [-0.05, 0) is 99.8 Å². The number of thiophene rings is 1. The van der Waals surface area contributed by atoms with Gasteiger partial charge in [0.25, 0.3) is 0 Å². The number of nitrogens with zero attached hydrogens (tertiary/aromatic N) is 2. The fourth-order valence-corrected chi connectivity index (χ4v) is 9.54. The predicted octanol–water partition coefficient (Wildman–Crippen LogP) is 15.1. The van der Waals surface area contributed by atoms with Crippen molar-refractivity contribution in [1.82, 2.24) is 4.57 Å². The number of rotatable bonds is 6. The number of anilines is 3. The van der Waals surface area contributed by atoms with E-state index in [1.165, 1.54) is 75.0 Å². The van der Waals surface area contributed by atoms with Crippen LogP contribution in [0.2, 0.25) is 0 Å². The van der Waals surface area contributed by atoms with Crippen LogP contribution in [0.25, 0.3) is 80.7 Å². The van der Waals surface area contributed by atoms with Crippen molar-refractivity contribution >= 4 is 81.1 Å². The van der Waals surface area contributed by atoms with Gasteiger partial charge in [-0.2, -0.15) is 0 Å². The van der Waals surface area contributed by atoms with Gasteiger partial charge in [-0.25, -0.2) is 0 Å². The standard InChI is InChI=1S/C52H34N2S/c1-3-13-35(14-4-1)38-17-11-20-41(32-38)53(43-27-29-46-45-21-9-10-24-50(45)55-51(46)34-43)42-28-30-47-49(33-42)54(40-18-5-2-6-19-40)48-23-12-22-44(52(47)48)39-26-25-36-15-7-8-16-37(36)31-39/h1-34H. The van der Waals surface area contributed by atoms with Gasteiger partial charge in [-0.1, -0.05) is 140 Å². The number of aromatic nitrogens is 1. The Kier molecular flexibility index (Phi) is 7.39. The molecule has 0 bridgehead atoms. The highest BCUT2D eigenvalue weighted by molar-refractivity contribution is 7.25. The van der Waals surface area contributed by atoms with Crippen molar-refractivity contribution in [2.75, 3.05) is 4.90 Å². The summed E-state index contributed by atoms with van der Waals surface area (Å²) in [5.74, 6) is 0. The Balaban J connectivity index is 1.17. The molecule has 55 heavy (non-hydrogen) atoms. The molecule has 3 heteroatoms. The number of para-hydroxylation sites is 1. The minimum Gasteiger partial charge on any atom is -0.310 e. The first kappa shape index (κ1) is 31.6. The second-order valence-electron chi connectivity index (χ2n) is 14.2. The maximum Gasteiger partial charge on any atom is 0.0562 e. The molecule has 0 saturated heterocycles. The van der Waals surface area contributed by atoms with Crippen LogP contribution in [-0.2, 0) is 0 Å². The quantitative estimate of drug-likeness (QED) is 0.166. The van der Waals surface area contributed by atoms with Crippen LogP contribution in [0.4, 0.5) is 17.1 Å². The first-order valence-electron chi connectivity index (χ1n) is 18.8. The van der Waals surface area contributed by atoms with E-state index in [1.54, 1.807) is 0 Å². The Morgan fingerprint density at radius 3 is 1.91 bits per heavy atom. The zero-order chi connectivity index (χ0) is 36.3. The van der Waals surface area contributed by atoms with E-state index in [9.17, 15) is 0 Å². The molecule has 9 aromatic carbocycles. The van der Waals surface area contributed by atoms with Gasteiger partial charge in [0.05, 0.1) is 11.0 Å². The molecule has 11 rings (SSSR count). The summed E-state index contributed by atoms with van der Waals surface area (Å²) < 4.78 is 5.03. The molecule has 0 aliphatic carbocycles. The summed E-state index contributed by atoms with van der Waals surface area (Å²) in [5.41, 5.74) is 11.7. The van der Waals surface area contributed by atoms with Gasteiger partial charge >= 0.3 is 0 Å². The number of hydrogen-bond acceptors (Lipinski definition) is 2. The molecule has 0 amide bonds. The van der Waals surface area contributed by atoms with E-state index in [1.807, 2.05) is 11.3 Å². The fourth-order valence-electron chi connectivity index (χ4n) is 8.40. The average molecular weight is 719 g/mol. The molecule has 11 aromatic rings. The third-order valence-electron chi connectivity index (χ3n) is 10.9. The van der Waals surface area contributed by atoms with Crippen LogP contribution in [0.1, 0.15) is 0 Å². The molecule has 0 fully saturated rings. The normalized spacial score (nSPS) is 11.6. The number of benzene rings is 9. The smallest absolute Gasteiger partial charge is 0.0562 e. The lowest BCUT2D eigenvalue weighted by Gasteiger charge is -2.26. The van der Waals surface area contributed by atoms with Gasteiger partial charge < -0.3 is 9.47 Å². The molecule has 2 heterocycles. The Bertz CT molecular complexity index is 3210. The lowest BCUT2D eigenvalue weighted by Crippen LogP contribution is -2.10. The van der Waals surface area contributed by atoms with Crippen molar-refractivity contribution < 1.29 is 0 Å². The van der Waals surface area contributed by atoms with E-state index in [-0.39, 0.29) is 0 Å². The zero-order valence-corrected chi connectivity index (χ0v) is 30.7. The van der Waals surface area contributed by atoms with E-state index >= 15 is 0 Å². The lowest BCUT2D eigenvalue weighted by molar-refractivity contribution is 1.18. The summed E-state index contributed by atoms with van der Waals surface area (Å²) in [6, 6.07) is 75.3. The Hall–Kier alpha value is -6.94. The third-order valence-corrected chi connectivity index (χ3v) is 12.1. The van der Waals surface area contributed by atoms with Crippen molar-refractivity contribution in [2.45, 2.75) is 0 Å². The highest BCUT2D eigenvalue weighted by atomic mass is 32.1. The number of hydrogen-bond donors (Lipinski definition) is 0. The molecule has 2 nitrogen and oxygen atoms in total. The molecule has 0 unspecified atom stereocenters. The van der Waals surface area contributed by atoms with Crippen LogP contribution in [0, 0.1) is 0 Å². The van der Waals surface area contributed by atoms with Crippen LogP contribution >= 0.6 is 11.3 Å². The molecule has 0 aliphatic heterocycles. The maximum atomic E-state index is 2.44. The second kappa shape index (κ2) is 12.9. The molecule has 0 N–H and O–H groups in total. The number of fused-ring (bicyclic) bond motifs is 7. The first-order chi connectivity index (χ1) is 27.3. The summed E-state index contributed by atoms with van der Waals surface area (Å²) in [7, 11) is 0. The van der Waals surface area contributed by atoms with Gasteiger partial charge in [0.15, 0.2) is 0 Å². The zero-order valence-electron chi connectivity index (χ0n) is 29.9. The van der Waals surface area contributed by atoms with Crippen molar-refractivity contribution in [3.8, 4) is 27.9 Å². The monoisotopic (exact) mass is 718 g/mol. The topological polar surface area (TPSA) is 8.17 Å². The van der Waals surface area contributed by atoms with Crippen LogP contribution in [0.5, 0.6) is 0 Å². The molecule has 0 aliphatic rings. The van der Waals surface area contributed by atoms with Gasteiger partial charge in [-0.15, -0.1) is 11.3 Å². The van der Waals surface area contributed by atoms with Gasteiger partial charge in [0, 0.05) is 53.7 Å². The van der Waals surface area contributed by atoms with Gasteiger partial charge in [0.2, 0.25) is 0 Å². The average Bonchev–Trinajstić information content (AvgIpc) is 3.79. The SMILES string of the molecule is c1ccc(-c2cccc(N(c3ccc4c(c3)sc3ccccc34)c3ccc4c5c(-c6ccc7ccccc7c6)cccc5n(-c5ccccc5)c4c3)c2)cc1. The minimum absolute atomic E-state index is 1.10. The van der Waals surface area contributed by atoms with Gasteiger partial charge in [-0.3, -0.25) is 0 Å². The highest BCUT2D eigenvalue weighted by Gasteiger charge is 2.21. The molecule has 0 saturated carbocycles.